The largest absolute Gasteiger partial charge is 0.505 e. The Hall–Kier alpha value is -3.31. The molecule has 0 fully saturated rings. The van der Waals surface area contributed by atoms with Crippen LogP contribution in [-0.4, -0.2) is 68.5 Å². The molecule has 0 bridgehead atoms. The van der Waals surface area contributed by atoms with Crippen LogP contribution in [0.2, 0.25) is 10.0 Å². The molecule has 1 aromatic carbocycles. The van der Waals surface area contributed by atoms with Crippen molar-refractivity contribution >= 4 is 53.0 Å². The van der Waals surface area contributed by atoms with Crippen molar-refractivity contribution in [2.45, 2.75) is 88.5 Å². The number of phenolic OH excluding ortho intramolecular Hbond substituents is 1. The first kappa shape index (κ1) is 45.8. The van der Waals surface area contributed by atoms with Crippen molar-refractivity contribution in [1.82, 2.24) is 0 Å². The van der Waals surface area contributed by atoms with Gasteiger partial charge in [-0.25, -0.2) is 9.59 Å². The van der Waals surface area contributed by atoms with Gasteiger partial charge in [0.1, 0.15) is 26.4 Å². The minimum absolute atomic E-state index is 0.0342. The molecule has 0 heterocycles. The summed E-state index contributed by atoms with van der Waals surface area (Å²) in [5.41, 5.74) is -0.928. The quantitative estimate of drug-likeness (QED) is 0.0885. The van der Waals surface area contributed by atoms with E-state index in [9.17, 15) is 29.1 Å². The van der Waals surface area contributed by atoms with E-state index in [0.717, 1.165) is 6.42 Å². The van der Waals surface area contributed by atoms with Gasteiger partial charge in [0.05, 0.1) is 39.0 Å². The highest BCUT2D eigenvalue weighted by Gasteiger charge is 2.28. The first-order chi connectivity index (χ1) is 21.5. The minimum atomic E-state index is -0.672. The summed E-state index contributed by atoms with van der Waals surface area (Å²) in [7, 11) is 1.42. The highest BCUT2D eigenvalue weighted by Crippen LogP contribution is 2.33. The smallest absolute Gasteiger partial charge is 0.338 e. The molecule has 1 aromatic rings. The van der Waals surface area contributed by atoms with E-state index < -0.39 is 22.8 Å². The highest BCUT2D eigenvalue weighted by atomic mass is 35.5. The van der Waals surface area contributed by atoms with Gasteiger partial charge in [-0.2, -0.15) is 0 Å². The van der Waals surface area contributed by atoms with Crippen LogP contribution in [0, 0.1) is 16.2 Å². The number of rotatable bonds is 14. The Balaban J connectivity index is 0. The van der Waals surface area contributed by atoms with Gasteiger partial charge >= 0.3 is 29.8 Å². The van der Waals surface area contributed by atoms with Crippen LogP contribution >= 0.6 is 23.2 Å². The van der Waals surface area contributed by atoms with Crippen LogP contribution in [0.1, 0.15) is 98.9 Å². The van der Waals surface area contributed by atoms with Crippen LogP contribution in [0.4, 0.5) is 0 Å². The standard InChI is InChI=1S/C15H18Cl2O5.C12H20O4.C7H14O2/c1-4-15(2,3)14(20)22-6-5-21-13(19)9-7-10(16)12(18)11(17)8-9;1-6-12(4,5)11(14)16-8-7-15-10(13)9(2)3;1-5-7(2,3)6(8)9-4/h7-8,18H,4-6H2,1-3H3;2,6-8H2,1,3-5H3;5H2,1-4H3. The van der Waals surface area contributed by atoms with Crippen molar-refractivity contribution in [3.05, 3.63) is 39.9 Å². The third-order valence-electron chi connectivity index (χ3n) is 7.20. The second kappa shape index (κ2) is 21.5. The first-order valence-electron chi connectivity index (χ1n) is 15.1. The summed E-state index contributed by atoms with van der Waals surface area (Å²) < 4.78 is 24.3. The van der Waals surface area contributed by atoms with Gasteiger partial charge in [-0.1, -0.05) is 50.6 Å². The van der Waals surface area contributed by atoms with Crippen LogP contribution in [0.15, 0.2) is 24.3 Å². The number of esters is 5. The summed E-state index contributed by atoms with van der Waals surface area (Å²) in [5.74, 6) is -2.19. The molecule has 0 aliphatic heterocycles. The fourth-order valence-corrected chi connectivity index (χ4v) is 3.01. The Bertz CT molecular complexity index is 1200. The van der Waals surface area contributed by atoms with Gasteiger partial charge in [0.2, 0.25) is 0 Å². The lowest BCUT2D eigenvalue weighted by atomic mass is 9.91. The van der Waals surface area contributed by atoms with Crippen LogP contribution in [0.25, 0.3) is 0 Å². The molecule has 0 saturated heterocycles. The topological polar surface area (TPSA) is 152 Å². The van der Waals surface area contributed by atoms with Crippen molar-refractivity contribution in [1.29, 1.82) is 0 Å². The number of hydrogen-bond donors (Lipinski definition) is 1. The maximum atomic E-state index is 11.8. The van der Waals surface area contributed by atoms with Crippen molar-refractivity contribution in [2.24, 2.45) is 16.2 Å². The number of hydrogen-bond acceptors (Lipinski definition) is 11. The third kappa shape index (κ3) is 17.4. The molecular formula is C34H52Cl2O11. The molecule has 0 spiro atoms. The van der Waals surface area contributed by atoms with Crippen LogP contribution in [0.3, 0.4) is 0 Å². The molecule has 0 aromatic heterocycles. The average Bonchev–Trinajstić information content (AvgIpc) is 3.02. The zero-order valence-electron chi connectivity index (χ0n) is 29.6. The maximum absolute atomic E-state index is 11.8. The highest BCUT2D eigenvalue weighted by molar-refractivity contribution is 6.37. The molecule has 11 nitrogen and oxygen atoms in total. The minimum Gasteiger partial charge on any atom is -0.505 e. The maximum Gasteiger partial charge on any atom is 0.338 e. The van der Waals surface area contributed by atoms with Crippen LogP contribution in [0.5, 0.6) is 5.75 Å². The van der Waals surface area contributed by atoms with E-state index in [4.69, 9.17) is 42.1 Å². The fraction of sp³-hybridized carbons (Fsp3) is 0.618. The van der Waals surface area contributed by atoms with E-state index in [-0.39, 0.29) is 71.1 Å². The number of carbonyl (C=O) groups is 5. The summed E-state index contributed by atoms with van der Waals surface area (Å²) in [4.78, 5) is 56.8. The summed E-state index contributed by atoms with van der Waals surface area (Å²) in [6, 6.07) is 2.49. The van der Waals surface area contributed by atoms with Crippen LogP contribution < -0.4 is 0 Å². The monoisotopic (exact) mass is 706 g/mol. The van der Waals surface area contributed by atoms with Gasteiger partial charge in [-0.05, 0) is 79.9 Å². The van der Waals surface area contributed by atoms with Crippen molar-refractivity contribution < 1.29 is 52.8 Å². The molecule has 0 amide bonds. The van der Waals surface area contributed by atoms with E-state index in [2.05, 4.69) is 11.3 Å². The molecule has 268 valence electrons. The van der Waals surface area contributed by atoms with E-state index in [1.807, 2.05) is 48.5 Å². The Morgan fingerprint density at radius 2 is 1.02 bits per heavy atom. The number of ether oxygens (including phenoxy) is 5. The number of phenols is 1. The van der Waals surface area contributed by atoms with Crippen molar-refractivity contribution in [3.63, 3.8) is 0 Å². The average molecular weight is 708 g/mol. The Morgan fingerprint density at radius 1 is 0.681 bits per heavy atom. The first-order valence-corrected chi connectivity index (χ1v) is 15.9. The van der Waals surface area contributed by atoms with Gasteiger partial charge in [0, 0.05) is 5.57 Å². The Morgan fingerprint density at radius 3 is 1.34 bits per heavy atom. The van der Waals surface area contributed by atoms with Crippen molar-refractivity contribution in [2.75, 3.05) is 33.5 Å². The number of halogens is 2. The molecule has 0 aliphatic rings. The second-order valence-electron chi connectivity index (χ2n) is 12.3. The molecule has 1 N–H and O–H groups in total. The predicted molar refractivity (Wildman–Crippen MR) is 180 cm³/mol. The summed E-state index contributed by atoms with van der Waals surface area (Å²) in [5, 5.41) is 9.32. The number of methoxy groups -OCH3 is 1. The lowest BCUT2D eigenvalue weighted by Gasteiger charge is -2.20. The fourth-order valence-electron chi connectivity index (χ4n) is 2.53. The lowest BCUT2D eigenvalue weighted by molar-refractivity contribution is -0.158. The molecule has 0 unspecified atom stereocenters. The van der Waals surface area contributed by atoms with Gasteiger partial charge in [0.25, 0.3) is 0 Å². The van der Waals surface area contributed by atoms with E-state index in [0.29, 0.717) is 18.4 Å². The molecule has 0 saturated carbocycles. The molecule has 47 heavy (non-hydrogen) atoms. The zero-order chi connectivity index (χ0) is 37.2. The van der Waals surface area contributed by atoms with E-state index in [1.165, 1.54) is 19.2 Å². The third-order valence-corrected chi connectivity index (χ3v) is 7.77. The zero-order valence-corrected chi connectivity index (χ0v) is 31.1. The van der Waals surface area contributed by atoms with E-state index in [1.54, 1.807) is 20.8 Å². The van der Waals surface area contributed by atoms with E-state index >= 15 is 0 Å². The predicted octanol–water partition coefficient (Wildman–Crippen LogP) is 7.52. The SMILES string of the molecule is C=C(C)C(=O)OCCOC(=O)C(C)(C)CC.CCC(C)(C)C(=O)OC.CCC(C)(C)C(=O)OCCOC(=O)c1cc(Cl)c(O)c(Cl)c1. The second-order valence-corrected chi connectivity index (χ2v) is 13.1. The van der Waals surface area contributed by atoms with Gasteiger partial charge in [-0.3, -0.25) is 14.4 Å². The molecule has 0 atom stereocenters. The summed E-state index contributed by atoms with van der Waals surface area (Å²) in [6.45, 7) is 21.8. The van der Waals surface area contributed by atoms with Gasteiger partial charge in [-0.15, -0.1) is 0 Å². The van der Waals surface area contributed by atoms with Crippen molar-refractivity contribution in [3.8, 4) is 5.75 Å². The lowest BCUT2D eigenvalue weighted by Crippen LogP contribution is -2.27. The Kier molecular flexibility index (Phi) is 21.0. The number of benzene rings is 1. The molecular weight excluding hydrogens is 655 g/mol. The molecule has 0 aliphatic carbocycles. The summed E-state index contributed by atoms with van der Waals surface area (Å²) in [6.07, 6.45) is 2.17. The number of aromatic hydroxyl groups is 1. The van der Waals surface area contributed by atoms with Crippen LogP contribution in [-0.2, 0) is 42.9 Å². The Labute approximate surface area is 289 Å². The summed E-state index contributed by atoms with van der Waals surface area (Å²) >= 11 is 11.4. The van der Waals surface area contributed by atoms with Gasteiger partial charge < -0.3 is 28.8 Å². The molecule has 13 heteroatoms. The van der Waals surface area contributed by atoms with Gasteiger partial charge in [0.15, 0.2) is 5.75 Å². The number of carbonyl (C=O) groups excluding carboxylic acids is 5. The normalized spacial score (nSPS) is 11.0. The molecule has 0 radical (unpaired) electrons. The molecule has 1 rings (SSSR count).